The van der Waals surface area contributed by atoms with Crippen molar-refractivity contribution < 1.29 is 22.7 Å². The maximum Gasteiger partial charge on any atom is 0.435 e. The summed E-state index contributed by atoms with van der Waals surface area (Å²) in [6, 6.07) is 4.71. The van der Waals surface area contributed by atoms with E-state index >= 15 is 0 Å². The molecule has 1 aliphatic carbocycles. The van der Waals surface area contributed by atoms with Crippen LogP contribution in [0.4, 0.5) is 19.0 Å². The molecule has 174 valence electrons. The molecule has 1 unspecified atom stereocenters. The standard InChI is InChI=1S/C23H22ClF3N4O2/c1-12-6-15(12)22(32)29-19-9-14-7-13(8-18(24)16(14)10-28-19)17-11-31(20-4-2-3-5-33-20)30-21(17)23(25,26)27/h7-12,15,20H,2-6H2,1H3,(H,28,29,32)/t12-,15-,20?/m1/s1. The highest BCUT2D eigenvalue weighted by Gasteiger charge is 2.40. The fraction of sp³-hybridized carbons (Fsp3) is 0.435. The molecule has 5 rings (SSSR count). The van der Waals surface area contributed by atoms with E-state index < -0.39 is 18.1 Å². The van der Waals surface area contributed by atoms with Gasteiger partial charge < -0.3 is 10.1 Å². The molecule has 1 amide bonds. The minimum atomic E-state index is -4.64. The topological polar surface area (TPSA) is 69.0 Å². The third-order valence-corrected chi connectivity index (χ3v) is 6.56. The fourth-order valence-electron chi connectivity index (χ4n) is 4.24. The zero-order chi connectivity index (χ0) is 23.3. The van der Waals surface area contributed by atoms with E-state index in [0.29, 0.717) is 35.5 Å². The fourth-order valence-corrected chi connectivity index (χ4v) is 4.51. The monoisotopic (exact) mass is 478 g/mol. The number of hydrogen-bond acceptors (Lipinski definition) is 4. The van der Waals surface area contributed by atoms with Gasteiger partial charge >= 0.3 is 6.18 Å². The van der Waals surface area contributed by atoms with E-state index in [0.717, 1.165) is 19.3 Å². The summed E-state index contributed by atoms with van der Waals surface area (Å²) in [5.41, 5.74) is -0.784. The number of halogens is 4. The largest absolute Gasteiger partial charge is 0.435 e. The first kappa shape index (κ1) is 22.2. The lowest BCUT2D eigenvalue weighted by Gasteiger charge is -2.22. The van der Waals surface area contributed by atoms with E-state index in [1.807, 2.05) is 6.92 Å². The molecule has 3 atom stereocenters. The molecule has 1 N–H and O–H groups in total. The highest BCUT2D eigenvalue weighted by Crippen LogP contribution is 2.41. The number of pyridine rings is 1. The van der Waals surface area contributed by atoms with E-state index in [-0.39, 0.29) is 28.0 Å². The number of rotatable bonds is 4. The van der Waals surface area contributed by atoms with E-state index in [9.17, 15) is 18.0 Å². The molecule has 1 aliphatic heterocycles. The van der Waals surface area contributed by atoms with Gasteiger partial charge in [-0.1, -0.05) is 18.5 Å². The Morgan fingerprint density at radius 2 is 2.06 bits per heavy atom. The molecule has 1 aromatic carbocycles. The number of anilines is 1. The number of fused-ring (bicyclic) bond motifs is 1. The summed E-state index contributed by atoms with van der Waals surface area (Å²) in [5.74, 6) is 0.545. The average Bonchev–Trinajstić information content (AvgIpc) is 3.33. The molecular weight excluding hydrogens is 457 g/mol. The van der Waals surface area contributed by atoms with Gasteiger partial charge in [-0.25, -0.2) is 9.67 Å². The second kappa shape index (κ2) is 8.29. The van der Waals surface area contributed by atoms with Gasteiger partial charge in [0.1, 0.15) is 12.0 Å². The quantitative estimate of drug-likeness (QED) is 0.494. The van der Waals surface area contributed by atoms with Crippen molar-refractivity contribution in [3.05, 3.63) is 41.3 Å². The summed E-state index contributed by atoms with van der Waals surface area (Å²) in [6.07, 6.45) is 0.894. The molecule has 10 heteroatoms. The first-order valence-electron chi connectivity index (χ1n) is 10.9. The van der Waals surface area contributed by atoms with Crippen LogP contribution in [0, 0.1) is 11.8 Å². The molecule has 0 bridgehead atoms. The van der Waals surface area contributed by atoms with Crippen LogP contribution < -0.4 is 5.32 Å². The summed E-state index contributed by atoms with van der Waals surface area (Å²) in [5, 5.41) is 8.03. The average molecular weight is 479 g/mol. The van der Waals surface area contributed by atoms with Crippen molar-refractivity contribution in [1.29, 1.82) is 0 Å². The summed E-state index contributed by atoms with van der Waals surface area (Å²) in [4.78, 5) is 16.5. The number of amides is 1. The summed E-state index contributed by atoms with van der Waals surface area (Å²) in [6.45, 7) is 2.49. The predicted molar refractivity (Wildman–Crippen MR) is 118 cm³/mol. The molecule has 1 saturated carbocycles. The Morgan fingerprint density at radius 3 is 2.73 bits per heavy atom. The maximum atomic E-state index is 13.8. The molecule has 3 heterocycles. The summed E-state index contributed by atoms with van der Waals surface area (Å²) < 4.78 is 48.4. The predicted octanol–water partition coefficient (Wildman–Crippen LogP) is 6.06. The lowest BCUT2D eigenvalue weighted by Crippen LogP contribution is -2.19. The maximum absolute atomic E-state index is 13.8. The molecule has 2 fully saturated rings. The smallest absolute Gasteiger partial charge is 0.357 e. The van der Waals surface area contributed by atoms with Crippen molar-refractivity contribution in [1.82, 2.24) is 14.8 Å². The minimum absolute atomic E-state index is 0.0281. The molecular formula is C23H22ClF3N4O2. The Bertz CT molecular complexity index is 1220. The minimum Gasteiger partial charge on any atom is -0.357 e. The van der Waals surface area contributed by atoms with Crippen molar-refractivity contribution in [3.63, 3.8) is 0 Å². The van der Waals surface area contributed by atoms with Gasteiger partial charge in [-0.3, -0.25) is 4.79 Å². The molecule has 3 aromatic rings. The zero-order valence-electron chi connectivity index (χ0n) is 17.8. The van der Waals surface area contributed by atoms with Gasteiger partial charge in [0.05, 0.1) is 5.02 Å². The van der Waals surface area contributed by atoms with Gasteiger partial charge in [-0.2, -0.15) is 18.3 Å². The lowest BCUT2D eigenvalue weighted by atomic mass is 10.0. The molecule has 2 aromatic heterocycles. The first-order valence-corrected chi connectivity index (χ1v) is 11.3. The second-order valence-electron chi connectivity index (χ2n) is 8.75. The van der Waals surface area contributed by atoms with Gasteiger partial charge in [0.25, 0.3) is 0 Å². The van der Waals surface area contributed by atoms with Gasteiger partial charge in [-0.15, -0.1) is 0 Å². The van der Waals surface area contributed by atoms with Crippen LogP contribution in [0.3, 0.4) is 0 Å². The Balaban J connectivity index is 1.54. The third-order valence-electron chi connectivity index (χ3n) is 6.25. The molecule has 1 saturated heterocycles. The van der Waals surface area contributed by atoms with Crippen LogP contribution in [0.2, 0.25) is 5.02 Å². The molecule has 0 spiro atoms. The van der Waals surface area contributed by atoms with Crippen LogP contribution in [0.5, 0.6) is 0 Å². The van der Waals surface area contributed by atoms with Crippen molar-refractivity contribution in [3.8, 4) is 11.1 Å². The Labute approximate surface area is 193 Å². The Kier molecular flexibility index (Phi) is 5.56. The van der Waals surface area contributed by atoms with Crippen molar-refractivity contribution >= 4 is 34.1 Å². The Morgan fingerprint density at radius 1 is 1.27 bits per heavy atom. The van der Waals surface area contributed by atoms with Gasteiger partial charge in [-0.05, 0) is 60.7 Å². The number of nitrogens with zero attached hydrogens (tertiary/aromatic N) is 3. The van der Waals surface area contributed by atoms with Crippen LogP contribution in [0.15, 0.2) is 30.6 Å². The first-order chi connectivity index (χ1) is 15.7. The van der Waals surface area contributed by atoms with Gasteiger partial charge in [0.15, 0.2) is 5.69 Å². The highest BCUT2D eigenvalue weighted by molar-refractivity contribution is 6.36. The van der Waals surface area contributed by atoms with Crippen LogP contribution in [-0.2, 0) is 15.7 Å². The number of alkyl halides is 3. The van der Waals surface area contributed by atoms with Crippen molar-refractivity contribution in [2.45, 2.75) is 45.0 Å². The SMILES string of the molecule is C[C@@H]1C[C@H]1C(=O)Nc1cc2cc(-c3cn(C4CCCCO4)nc3C(F)(F)F)cc(Cl)c2cn1. The number of aromatic nitrogens is 3. The van der Waals surface area contributed by atoms with Crippen LogP contribution >= 0.6 is 11.6 Å². The lowest BCUT2D eigenvalue weighted by molar-refractivity contribution is -0.141. The van der Waals surface area contributed by atoms with Crippen LogP contribution in [0.1, 0.15) is 44.5 Å². The molecule has 0 radical (unpaired) electrons. The third kappa shape index (κ3) is 4.44. The van der Waals surface area contributed by atoms with Crippen molar-refractivity contribution in [2.24, 2.45) is 11.8 Å². The number of benzene rings is 1. The van der Waals surface area contributed by atoms with Crippen molar-refractivity contribution in [2.75, 3.05) is 11.9 Å². The van der Waals surface area contributed by atoms with E-state index in [2.05, 4.69) is 15.4 Å². The molecule has 33 heavy (non-hydrogen) atoms. The van der Waals surface area contributed by atoms with E-state index in [1.165, 1.54) is 23.1 Å². The summed E-state index contributed by atoms with van der Waals surface area (Å²) in [7, 11) is 0. The van der Waals surface area contributed by atoms with E-state index in [4.69, 9.17) is 16.3 Å². The number of carbonyl (C=O) groups is 1. The normalized spacial score (nSPS) is 23.0. The zero-order valence-corrected chi connectivity index (χ0v) is 18.6. The van der Waals surface area contributed by atoms with E-state index in [1.54, 1.807) is 12.1 Å². The Hall–Kier alpha value is -2.65. The number of nitrogens with one attached hydrogen (secondary N) is 1. The summed E-state index contributed by atoms with van der Waals surface area (Å²) >= 11 is 6.41. The second-order valence-corrected chi connectivity index (χ2v) is 9.16. The number of carbonyl (C=O) groups excluding carboxylic acids is 1. The van der Waals surface area contributed by atoms with Crippen LogP contribution in [-0.4, -0.2) is 27.3 Å². The molecule has 6 nitrogen and oxygen atoms in total. The molecule has 2 aliphatic rings. The van der Waals surface area contributed by atoms with Gasteiger partial charge in [0.2, 0.25) is 5.91 Å². The number of hydrogen-bond donors (Lipinski definition) is 1. The highest BCUT2D eigenvalue weighted by atomic mass is 35.5. The van der Waals surface area contributed by atoms with Gasteiger partial charge in [0, 0.05) is 35.9 Å². The van der Waals surface area contributed by atoms with Crippen LogP contribution in [0.25, 0.3) is 21.9 Å². The number of ether oxygens (including phenoxy) is 1.